The number of benzene rings is 2. The van der Waals surface area contributed by atoms with E-state index in [4.69, 9.17) is 14.2 Å². The quantitative estimate of drug-likeness (QED) is 0.314. The van der Waals surface area contributed by atoms with Crippen molar-refractivity contribution in [1.29, 1.82) is 0 Å². The molecule has 0 radical (unpaired) electrons. The van der Waals surface area contributed by atoms with Crippen molar-refractivity contribution < 1.29 is 14.2 Å². The fraction of sp³-hybridized carbons (Fsp3) is 0.240. The van der Waals surface area contributed by atoms with Gasteiger partial charge in [-0.3, -0.25) is 9.36 Å². The van der Waals surface area contributed by atoms with Crippen molar-refractivity contribution in [1.82, 2.24) is 18.7 Å². The summed E-state index contributed by atoms with van der Waals surface area (Å²) in [5, 5.41) is 6.33. The SMILES string of the molecule is COc1ccc(CCn2c(=O)c3sccc3n3c(=O)n(CCOc4ccccc4)nc23)cc1OC. The molecule has 180 valence electrons. The molecule has 0 fully saturated rings. The van der Waals surface area contributed by atoms with Crippen LogP contribution in [0.5, 0.6) is 17.2 Å². The fourth-order valence-electron chi connectivity index (χ4n) is 4.02. The normalized spacial score (nSPS) is 11.3. The Kier molecular flexibility index (Phi) is 6.28. The molecule has 0 aliphatic rings. The number of hydrogen-bond acceptors (Lipinski definition) is 7. The van der Waals surface area contributed by atoms with Crippen LogP contribution in [0.25, 0.3) is 16.0 Å². The molecule has 5 rings (SSSR count). The predicted molar refractivity (Wildman–Crippen MR) is 134 cm³/mol. The molecule has 5 aromatic rings. The second-order valence-corrected chi connectivity index (χ2v) is 8.75. The van der Waals surface area contributed by atoms with Crippen LogP contribution in [-0.4, -0.2) is 39.6 Å². The molecular formula is C25H24N4O5S. The van der Waals surface area contributed by atoms with Gasteiger partial charge in [-0.25, -0.2) is 13.9 Å². The highest BCUT2D eigenvalue weighted by Gasteiger charge is 2.18. The molecule has 2 aromatic carbocycles. The van der Waals surface area contributed by atoms with E-state index in [1.165, 1.54) is 20.4 Å². The number of aromatic nitrogens is 4. The summed E-state index contributed by atoms with van der Waals surface area (Å²) < 4.78 is 21.4. The lowest BCUT2D eigenvalue weighted by molar-refractivity contribution is 0.289. The molecule has 35 heavy (non-hydrogen) atoms. The van der Waals surface area contributed by atoms with Gasteiger partial charge in [0.1, 0.15) is 17.1 Å². The lowest BCUT2D eigenvalue weighted by atomic mass is 10.1. The minimum Gasteiger partial charge on any atom is -0.493 e. The van der Waals surface area contributed by atoms with E-state index in [1.807, 2.05) is 53.9 Å². The Morgan fingerprint density at radius 3 is 2.51 bits per heavy atom. The number of aryl methyl sites for hydroxylation is 2. The van der Waals surface area contributed by atoms with Gasteiger partial charge in [0.15, 0.2) is 11.5 Å². The van der Waals surface area contributed by atoms with Crippen LogP contribution in [0.4, 0.5) is 0 Å². The van der Waals surface area contributed by atoms with Crippen molar-refractivity contribution >= 4 is 27.3 Å². The number of para-hydroxylation sites is 1. The molecule has 0 spiro atoms. The van der Waals surface area contributed by atoms with Gasteiger partial charge in [-0.2, -0.15) is 0 Å². The van der Waals surface area contributed by atoms with Gasteiger partial charge in [-0.05, 0) is 47.7 Å². The number of rotatable bonds is 9. The van der Waals surface area contributed by atoms with Gasteiger partial charge < -0.3 is 14.2 Å². The molecule has 0 amide bonds. The van der Waals surface area contributed by atoms with E-state index in [0.29, 0.717) is 40.5 Å². The Hall–Kier alpha value is -4.05. The van der Waals surface area contributed by atoms with Crippen molar-refractivity contribution in [2.75, 3.05) is 20.8 Å². The summed E-state index contributed by atoms with van der Waals surface area (Å²) in [6.07, 6.45) is 0.547. The highest BCUT2D eigenvalue weighted by Crippen LogP contribution is 2.28. The van der Waals surface area contributed by atoms with E-state index in [9.17, 15) is 9.59 Å². The van der Waals surface area contributed by atoms with E-state index in [2.05, 4.69) is 5.10 Å². The van der Waals surface area contributed by atoms with Gasteiger partial charge in [0.05, 0.1) is 26.3 Å². The van der Waals surface area contributed by atoms with Gasteiger partial charge >= 0.3 is 5.69 Å². The number of methoxy groups -OCH3 is 2. The summed E-state index contributed by atoms with van der Waals surface area (Å²) in [5.74, 6) is 2.29. The Morgan fingerprint density at radius 2 is 1.74 bits per heavy atom. The van der Waals surface area contributed by atoms with Crippen molar-refractivity contribution in [2.24, 2.45) is 0 Å². The zero-order chi connectivity index (χ0) is 24.4. The van der Waals surface area contributed by atoms with Crippen LogP contribution in [0, 0.1) is 0 Å². The second-order valence-electron chi connectivity index (χ2n) is 7.83. The third kappa shape index (κ3) is 4.28. The molecule has 0 saturated carbocycles. The number of hydrogen-bond donors (Lipinski definition) is 0. The van der Waals surface area contributed by atoms with Crippen LogP contribution < -0.4 is 25.5 Å². The standard InChI is InChI=1S/C25H24N4O5S/c1-32-20-9-8-17(16-21(20)33-2)10-12-27-23(30)22-19(11-15-35-22)29-24(27)26-28(25(29)31)13-14-34-18-6-4-3-5-7-18/h3-9,11,15-16H,10,12-14H2,1-2H3. The molecule has 9 nitrogen and oxygen atoms in total. The Bertz CT molecular complexity index is 1600. The third-order valence-corrected chi connectivity index (χ3v) is 6.67. The topological polar surface area (TPSA) is 89.0 Å². The molecule has 0 atom stereocenters. The Balaban J connectivity index is 1.48. The van der Waals surface area contributed by atoms with Gasteiger partial charge in [0.2, 0.25) is 5.78 Å². The van der Waals surface area contributed by atoms with Crippen LogP contribution in [0.3, 0.4) is 0 Å². The minimum atomic E-state index is -0.306. The molecule has 10 heteroatoms. The molecular weight excluding hydrogens is 468 g/mol. The average Bonchev–Trinajstić information content (AvgIpc) is 3.49. The summed E-state index contributed by atoms with van der Waals surface area (Å²) in [4.78, 5) is 26.5. The summed E-state index contributed by atoms with van der Waals surface area (Å²) in [6.45, 7) is 0.879. The maximum Gasteiger partial charge on any atom is 0.352 e. The number of fused-ring (bicyclic) bond motifs is 3. The molecule has 3 heterocycles. The molecule has 0 aliphatic carbocycles. The minimum absolute atomic E-state index is 0.166. The van der Waals surface area contributed by atoms with Crippen molar-refractivity contribution in [3.05, 3.63) is 86.4 Å². The van der Waals surface area contributed by atoms with Crippen LogP contribution in [0.2, 0.25) is 0 Å². The monoisotopic (exact) mass is 492 g/mol. The zero-order valence-corrected chi connectivity index (χ0v) is 20.2. The van der Waals surface area contributed by atoms with E-state index >= 15 is 0 Å². The van der Waals surface area contributed by atoms with E-state index < -0.39 is 0 Å². The molecule has 3 aromatic heterocycles. The van der Waals surface area contributed by atoms with Crippen LogP contribution >= 0.6 is 11.3 Å². The van der Waals surface area contributed by atoms with Crippen molar-refractivity contribution in [2.45, 2.75) is 19.5 Å². The largest absolute Gasteiger partial charge is 0.493 e. The lowest BCUT2D eigenvalue weighted by Crippen LogP contribution is -2.27. The predicted octanol–water partition coefficient (Wildman–Crippen LogP) is 3.21. The summed E-state index contributed by atoms with van der Waals surface area (Å²) >= 11 is 1.32. The lowest BCUT2D eigenvalue weighted by Gasteiger charge is -2.11. The van der Waals surface area contributed by atoms with Gasteiger partial charge in [0.25, 0.3) is 5.56 Å². The van der Waals surface area contributed by atoms with Gasteiger partial charge in [-0.15, -0.1) is 16.4 Å². The van der Waals surface area contributed by atoms with Crippen LogP contribution in [0.1, 0.15) is 5.56 Å². The first kappa shape index (κ1) is 22.7. The third-order valence-electron chi connectivity index (χ3n) is 5.78. The maximum atomic E-state index is 13.3. The summed E-state index contributed by atoms with van der Waals surface area (Å²) in [6, 6.07) is 16.8. The molecule has 0 N–H and O–H groups in total. The second kappa shape index (κ2) is 9.67. The average molecular weight is 493 g/mol. The smallest absolute Gasteiger partial charge is 0.352 e. The Labute approximate surface area is 204 Å². The molecule has 0 saturated heterocycles. The van der Waals surface area contributed by atoms with Crippen LogP contribution in [0.15, 0.2) is 69.6 Å². The highest BCUT2D eigenvalue weighted by atomic mass is 32.1. The number of thiophene rings is 1. The maximum absolute atomic E-state index is 13.3. The summed E-state index contributed by atoms with van der Waals surface area (Å²) in [7, 11) is 3.17. The first-order valence-electron chi connectivity index (χ1n) is 11.1. The van der Waals surface area contributed by atoms with E-state index in [-0.39, 0.29) is 24.4 Å². The first-order chi connectivity index (χ1) is 17.1. The van der Waals surface area contributed by atoms with Gasteiger partial charge in [0, 0.05) is 6.54 Å². The van der Waals surface area contributed by atoms with E-state index in [1.54, 1.807) is 24.9 Å². The van der Waals surface area contributed by atoms with Crippen molar-refractivity contribution in [3.8, 4) is 17.2 Å². The number of nitrogens with zero attached hydrogens (tertiary/aromatic N) is 4. The molecule has 0 unspecified atom stereocenters. The summed E-state index contributed by atoms with van der Waals surface area (Å²) in [5.41, 5.74) is 1.07. The molecule has 0 bridgehead atoms. The fourth-order valence-corrected chi connectivity index (χ4v) is 4.85. The van der Waals surface area contributed by atoms with Crippen LogP contribution in [-0.2, 0) is 19.5 Å². The van der Waals surface area contributed by atoms with E-state index in [0.717, 1.165) is 11.3 Å². The van der Waals surface area contributed by atoms with Gasteiger partial charge in [-0.1, -0.05) is 24.3 Å². The Morgan fingerprint density at radius 1 is 0.943 bits per heavy atom. The first-order valence-corrected chi connectivity index (χ1v) is 12.0. The number of ether oxygens (including phenoxy) is 3. The highest BCUT2D eigenvalue weighted by molar-refractivity contribution is 7.17. The zero-order valence-electron chi connectivity index (χ0n) is 19.3. The molecule has 0 aliphatic heterocycles. The van der Waals surface area contributed by atoms with Crippen molar-refractivity contribution in [3.63, 3.8) is 0 Å².